The Balaban J connectivity index is 2.47. The SMILES string of the molecule is CCCCC/C=C/C/C=C/CCCCCCCCCC(=O)O[C@H](COC(=O)CC/C=C/CCCCCCCCCCCCC)COP(=O)(O)OC1C(O)C(O)C(O)[C@H](O)C1O. The monoisotopic (exact) mass is 889 g/mol. The maximum Gasteiger partial charge on any atom is 0.472 e. The number of carbonyl (C=O) groups is 2. The number of allylic oxidation sites excluding steroid dienone is 6. The van der Waals surface area contributed by atoms with Gasteiger partial charge in [0.05, 0.1) is 6.61 Å². The largest absolute Gasteiger partial charge is 0.472 e. The fourth-order valence-electron chi connectivity index (χ4n) is 7.10. The van der Waals surface area contributed by atoms with Crippen molar-refractivity contribution in [1.82, 2.24) is 0 Å². The molecule has 6 unspecified atom stereocenters. The van der Waals surface area contributed by atoms with E-state index >= 15 is 0 Å². The number of esters is 2. The van der Waals surface area contributed by atoms with E-state index in [9.17, 15) is 44.6 Å². The van der Waals surface area contributed by atoms with Gasteiger partial charge < -0.3 is 39.9 Å². The van der Waals surface area contributed by atoms with E-state index in [4.69, 9.17) is 18.5 Å². The Bertz CT molecular complexity index is 1210. The topological polar surface area (TPSA) is 210 Å². The number of unbranched alkanes of at least 4 members (excludes halogenated alkanes) is 21. The van der Waals surface area contributed by atoms with E-state index in [1.165, 1.54) is 83.5 Å². The van der Waals surface area contributed by atoms with Crippen LogP contribution in [-0.2, 0) is 32.7 Å². The van der Waals surface area contributed by atoms with E-state index in [1.54, 1.807) is 0 Å². The standard InChI is InChI=1S/C47H85O13P/c1-3-5-7-9-11-13-15-17-19-20-22-24-26-28-30-32-34-36-41(49)59-39(38-58-61(55,56)60-47-45(53)43(51)42(50)44(52)46(47)54)37-57-40(48)35-33-31-29-27-25-23-21-18-16-14-12-10-8-6-4-2/h11,13,17,19,29,31,39,42-47,50-54H,3-10,12,14-16,18,20-28,30,32-38H2,1-2H3,(H,55,56)/b13-11+,19-17+,31-29+/t39-,42?,43+,44?,45?,46?,47?/m1/s1. The number of aliphatic hydroxyl groups excluding tert-OH is 5. The molecule has 1 fully saturated rings. The van der Waals surface area contributed by atoms with E-state index in [1.807, 2.05) is 6.08 Å². The Morgan fingerprint density at radius 1 is 0.508 bits per heavy atom. The smallest absolute Gasteiger partial charge is 0.462 e. The lowest BCUT2D eigenvalue weighted by Gasteiger charge is -2.41. The number of phosphoric acid groups is 1. The van der Waals surface area contributed by atoms with Crippen LogP contribution in [0.2, 0.25) is 0 Å². The molecule has 14 heteroatoms. The van der Waals surface area contributed by atoms with Gasteiger partial charge in [0.2, 0.25) is 0 Å². The molecule has 0 aliphatic heterocycles. The molecule has 8 atom stereocenters. The third-order valence-electron chi connectivity index (χ3n) is 11.0. The number of hydrogen-bond donors (Lipinski definition) is 6. The van der Waals surface area contributed by atoms with Crippen molar-refractivity contribution in [2.75, 3.05) is 13.2 Å². The lowest BCUT2D eigenvalue weighted by molar-refractivity contribution is -0.220. The minimum Gasteiger partial charge on any atom is -0.462 e. The number of hydrogen-bond acceptors (Lipinski definition) is 12. The lowest BCUT2D eigenvalue weighted by Crippen LogP contribution is -2.64. The van der Waals surface area contributed by atoms with Crippen LogP contribution in [-0.4, -0.2) is 98.3 Å². The molecule has 0 aromatic carbocycles. The zero-order valence-corrected chi connectivity index (χ0v) is 38.6. The first kappa shape index (κ1) is 57.1. The first-order valence-electron chi connectivity index (χ1n) is 23.8. The van der Waals surface area contributed by atoms with E-state index in [0.29, 0.717) is 12.8 Å². The van der Waals surface area contributed by atoms with Crippen molar-refractivity contribution in [3.8, 4) is 0 Å². The Morgan fingerprint density at radius 3 is 1.44 bits per heavy atom. The molecular formula is C47H85O13P. The summed E-state index contributed by atoms with van der Waals surface area (Å²) in [5, 5.41) is 50.1. The van der Waals surface area contributed by atoms with Crippen LogP contribution in [0.15, 0.2) is 36.5 Å². The van der Waals surface area contributed by atoms with Crippen molar-refractivity contribution < 1.29 is 63.1 Å². The first-order valence-corrected chi connectivity index (χ1v) is 25.3. The molecule has 1 aliphatic rings. The van der Waals surface area contributed by atoms with Gasteiger partial charge in [0, 0.05) is 12.8 Å². The van der Waals surface area contributed by atoms with Gasteiger partial charge in [0.1, 0.15) is 43.2 Å². The van der Waals surface area contributed by atoms with Crippen molar-refractivity contribution in [1.29, 1.82) is 0 Å². The molecule has 0 bridgehead atoms. The highest BCUT2D eigenvalue weighted by Crippen LogP contribution is 2.47. The summed E-state index contributed by atoms with van der Waals surface area (Å²) in [7, 11) is -5.13. The lowest BCUT2D eigenvalue weighted by atomic mass is 9.85. The summed E-state index contributed by atoms with van der Waals surface area (Å²) in [6.45, 7) is 3.24. The van der Waals surface area contributed by atoms with E-state index in [2.05, 4.69) is 44.2 Å². The second kappa shape index (κ2) is 37.4. The zero-order valence-electron chi connectivity index (χ0n) is 37.7. The van der Waals surface area contributed by atoms with Gasteiger partial charge in [-0.25, -0.2) is 4.57 Å². The van der Waals surface area contributed by atoms with Gasteiger partial charge in [-0.1, -0.05) is 159 Å². The summed E-state index contributed by atoms with van der Waals surface area (Å²) in [5.41, 5.74) is 0. The van der Waals surface area contributed by atoms with Crippen molar-refractivity contribution in [3.63, 3.8) is 0 Å². The quantitative estimate of drug-likeness (QED) is 0.0147. The maximum absolute atomic E-state index is 12.8. The minimum atomic E-state index is -5.13. The average molecular weight is 889 g/mol. The first-order chi connectivity index (χ1) is 29.4. The van der Waals surface area contributed by atoms with Crippen LogP contribution in [0.4, 0.5) is 0 Å². The van der Waals surface area contributed by atoms with Gasteiger partial charge in [0.15, 0.2) is 6.10 Å². The maximum atomic E-state index is 12.8. The fourth-order valence-corrected chi connectivity index (χ4v) is 8.07. The van der Waals surface area contributed by atoms with Crippen LogP contribution >= 0.6 is 7.82 Å². The molecule has 6 N–H and O–H groups in total. The predicted molar refractivity (Wildman–Crippen MR) is 240 cm³/mol. The Labute approximate surface area is 368 Å². The summed E-state index contributed by atoms with van der Waals surface area (Å²) in [6.07, 6.45) is 29.2. The van der Waals surface area contributed by atoms with Crippen molar-refractivity contribution in [3.05, 3.63) is 36.5 Å². The molecule has 1 aliphatic carbocycles. The Kier molecular flexibility index (Phi) is 35.0. The molecule has 0 aromatic rings. The highest BCUT2D eigenvalue weighted by Gasteiger charge is 2.51. The minimum absolute atomic E-state index is 0.0814. The second-order valence-corrected chi connectivity index (χ2v) is 18.0. The van der Waals surface area contributed by atoms with Crippen LogP contribution in [0.5, 0.6) is 0 Å². The van der Waals surface area contributed by atoms with Gasteiger partial charge in [-0.05, 0) is 57.8 Å². The third-order valence-corrected chi connectivity index (χ3v) is 12.0. The number of phosphoric ester groups is 1. The molecule has 0 spiro atoms. The summed E-state index contributed by atoms with van der Waals surface area (Å²) in [6, 6.07) is 0. The molecule has 0 amide bonds. The normalized spacial score (nSPS) is 22.3. The van der Waals surface area contributed by atoms with Gasteiger partial charge in [0.25, 0.3) is 0 Å². The van der Waals surface area contributed by atoms with Gasteiger partial charge in [-0.3, -0.25) is 18.6 Å². The van der Waals surface area contributed by atoms with Crippen LogP contribution in [0.1, 0.15) is 194 Å². The molecule has 0 radical (unpaired) electrons. The number of rotatable bonds is 39. The van der Waals surface area contributed by atoms with Crippen LogP contribution in [0.25, 0.3) is 0 Å². The Morgan fingerprint density at radius 2 is 0.918 bits per heavy atom. The molecular weight excluding hydrogens is 803 g/mol. The molecule has 356 valence electrons. The summed E-state index contributed by atoms with van der Waals surface area (Å²) >= 11 is 0. The van der Waals surface area contributed by atoms with Crippen molar-refractivity contribution >= 4 is 19.8 Å². The Hall–Kier alpha value is -1.93. The molecule has 61 heavy (non-hydrogen) atoms. The van der Waals surface area contributed by atoms with Gasteiger partial charge in [-0.15, -0.1) is 0 Å². The van der Waals surface area contributed by atoms with E-state index in [0.717, 1.165) is 70.6 Å². The zero-order chi connectivity index (χ0) is 45.0. The highest BCUT2D eigenvalue weighted by atomic mass is 31.2. The third kappa shape index (κ3) is 30.0. The molecule has 1 saturated carbocycles. The van der Waals surface area contributed by atoms with E-state index in [-0.39, 0.29) is 12.8 Å². The summed E-state index contributed by atoms with van der Waals surface area (Å²) in [4.78, 5) is 35.7. The van der Waals surface area contributed by atoms with E-state index < -0.39 is 75.7 Å². The summed E-state index contributed by atoms with van der Waals surface area (Å²) in [5.74, 6) is -1.16. The second-order valence-electron chi connectivity index (χ2n) is 16.6. The van der Waals surface area contributed by atoms with Crippen molar-refractivity contribution in [2.24, 2.45) is 0 Å². The molecule has 0 saturated heterocycles. The average Bonchev–Trinajstić information content (AvgIpc) is 3.24. The summed E-state index contributed by atoms with van der Waals surface area (Å²) < 4.78 is 33.5. The molecule has 0 heterocycles. The molecule has 0 aromatic heterocycles. The number of aliphatic hydroxyl groups is 5. The van der Waals surface area contributed by atoms with Crippen LogP contribution in [0.3, 0.4) is 0 Å². The predicted octanol–water partition coefficient (Wildman–Crippen LogP) is 9.39. The van der Waals surface area contributed by atoms with Gasteiger partial charge in [-0.2, -0.15) is 0 Å². The van der Waals surface area contributed by atoms with Gasteiger partial charge >= 0.3 is 19.8 Å². The highest BCUT2D eigenvalue weighted by molar-refractivity contribution is 7.47. The fraction of sp³-hybridized carbons (Fsp3) is 0.830. The van der Waals surface area contributed by atoms with Crippen LogP contribution in [0, 0.1) is 0 Å². The van der Waals surface area contributed by atoms with Crippen LogP contribution < -0.4 is 0 Å². The number of ether oxygens (including phenoxy) is 2. The molecule has 13 nitrogen and oxygen atoms in total. The molecule has 1 rings (SSSR count). The van der Waals surface area contributed by atoms with Crippen molar-refractivity contribution in [2.45, 2.75) is 236 Å². The number of carbonyl (C=O) groups excluding carboxylic acids is 2.